The monoisotopic (exact) mass is 446 g/mol. The van der Waals surface area contributed by atoms with E-state index in [1.54, 1.807) is 26.1 Å². The summed E-state index contributed by atoms with van der Waals surface area (Å²) in [5, 5.41) is 11.5. The lowest BCUT2D eigenvalue weighted by Gasteiger charge is -2.47. The highest BCUT2D eigenvalue weighted by molar-refractivity contribution is 5.82. The van der Waals surface area contributed by atoms with Gasteiger partial charge in [0.05, 0.1) is 12.7 Å². The second-order valence-corrected chi connectivity index (χ2v) is 7.57. The molecule has 30 heavy (non-hydrogen) atoms. The number of methoxy groups -OCH3 is 2. The second-order valence-electron chi connectivity index (χ2n) is 7.57. The van der Waals surface area contributed by atoms with Gasteiger partial charge < -0.3 is 34.1 Å². The summed E-state index contributed by atoms with van der Waals surface area (Å²) in [5.41, 5.74) is -0.962. The highest BCUT2D eigenvalue weighted by atomic mass is 19.4. The molecule has 0 aliphatic carbocycles. The molecule has 0 saturated carbocycles. The number of aliphatic hydroxyl groups is 1. The number of rotatable bonds is 8. The Labute approximate surface area is 172 Å². The van der Waals surface area contributed by atoms with Crippen molar-refractivity contribution >= 4 is 12.0 Å². The summed E-state index contributed by atoms with van der Waals surface area (Å²) in [5.74, 6) is -3.05. The molecule has 0 aromatic rings. The number of piperidine rings is 1. The Balaban J connectivity index is 3.34. The average molecular weight is 446 g/mol. The predicted octanol–water partition coefficient (Wildman–Crippen LogP) is 0.828. The Morgan fingerprint density at radius 1 is 1.07 bits per heavy atom. The van der Waals surface area contributed by atoms with Crippen LogP contribution >= 0.6 is 0 Å². The molecule has 0 bridgehead atoms. The minimum absolute atomic E-state index is 0.264. The number of carbonyl (C=O) groups is 2. The van der Waals surface area contributed by atoms with Gasteiger partial charge in [0.2, 0.25) is 0 Å². The lowest BCUT2D eigenvalue weighted by molar-refractivity contribution is -0.219. The van der Waals surface area contributed by atoms with E-state index in [4.69, 9.17) is 23.7 Å². The average Bonchev–Trinajstić information content (AvgIpc) is 2.62. The number of ether oxygens (including phenoxy) is 5. The first kappa shape index (κ1) is 26.4. The van der Waals surface area contributed by atoms with Crippen LogP contribution in [0.15, 0.2) is 0 Å². The summed E-state index contributed by atoms with van der Waals surface area (Å²) in [7, 11) is 2.62. The van der Waals surface area contributed by atoms with E-state index in [-0.39, 0.29) is 20.1 Å². The van der Waals surface area contributed by atoms with Crippen LogP contribution in [0.1, 0.15) is 20.8 Å². The third-order valence-corrected chi connectivity index (χ3v) is 4.02. The van der Waals surface area contributed by atoms with Crippen LogP contribution in [0.5, 0.6) is 0 Å². The van der Waals surface area contributed by atoms with E-state index in [9.17, 15) is 27.9 Å². The summed E-state index contributed by atoms with van der Waals surface area (Å²) in [6, 6.07) is 0. The molecule has 1 fully saturated rings. The molecular formula is C17H29F3N2O8. The molecule has 0 aromatic heterocycles. The molecule has 1 heterocycles. The van der Waals surface area contributed by atoms with E-state index < -0.39 is 54.7 Å². The van der Waals surface area contributed by atoms with Gasteiger partial charge in [0.1, 0.15) is 31.5 Å². The van der Waals surface area contributed by atoms with E-state index in [0.29, 0.717) is 0 Å². The largest absolute Gasteiger partial charge is 0.471 e. The number of amides is 2. The van der Waals surface area contributed by atoms with Gasteiger partial charge in [0.15, 0.2) is 0 Å². The van der Waals surface area contributed by atoms with E-state index >= 15 is 0 Å². The van der Waals surface area contributed by atoms with E-state index in [0.717, 1.165) is 4.90 Å². The van der Waals surface area contributed by atoms with Gasteiger partial charge in [-0.25, -0.2) is 4.79 Å². The molecule has 4 atom stereocenters. The van der Waals surface area contributed by atoms with E-state index in [2.05, 4.69) is 0 Å². The van der Waals surface area contributed by atoms with Gasteiger partial charge in [-0.2, -0.15) is 13.2 Å². The SMILES string of the molecule is COCO[C@@H]1[C@H](CO)CN(C(=O)OC(C)(C)C)[C@H](NC(=O)C(F)(F)F)[C@H]1OCOC. The highest BCUT2D eigenvalue weighted by Gasteiger charge is 2.51. The fraction of sp³-hybridized carbons (Fsp3) is 0.882. The Hall–Kier alpha value is -1.67. The number of hydrogen-bond acceptors (Lipinski definition) is 8. The van der Waals surface area contributed by atoms with Gasteiger partial charge >= 0.3 is 18.2 Å². The van der Waals surface area contributed by atoms with Crippen molar-refractivity contribution in [3.63, 3.8) is 0 Å². The maximum atomic E-state index is 12.9. The summed E-state index contributed by atoms with van der Waals surface area (Å²) in [6.45, 7) is 3.33. The van der Waals surface area contributed by atoms with E-state index in [1.165, 1.54) is 14.2 Å². The van der Waals surface area contributed by atoms with Crippen molar-refractivity contribution in [3.05, 3.63) is 0 Å². The third kappa shape index (κ3) is 7.54. The quantitative estimate of drug-likeness (QED) is 0.527. The van der Waals surface area contributed by atoms with Crippen LogP contribution in [0.3, 0.4) is 0 Å². The van der Waals surface area contributed by atoms with Crippen molar-refractivity contribution < 1.29 is 51.6 Å². The molecule has 176 valence electrons. The first-order valence-electron chi connectivity index (χ1n) is 9.05. The molecule has 1 aliphatic heterocycles. The number of carbonyl (C=O) groups excluding carboxylic acids is 2. The number of likely N-dealkylation sites (tertiary alicyclic amines) is 1. The van der Waals surface area contributed by atoms with Crippen LogP contribution in [0.2, 0.25) is 0 Å². The minimum atomic E-state index is -5.21. The van der Waals surface area contributed by atoms with Crippen molar-refractivity contribution in [1.82, 2.24) is 10.2 Å². The maximum Gasteiger partial charge on any atom is 0.471 e. The zero-order valence-corrected chi connectivity index (χ0v) is 17.5. The van der Waals surface area contributed by atoms with Crippen LogP contribution in [0.25, 0.3) is 0 Å². The number of hydrogen-bond donors (Lipinski definition) is 2. The molecule has 0 radical (unpaired) electrons. The number of alkyl halides is 3. The standard InChI is InChI=1S/C17H29F3N2O8/c1-16(2,3)30-15(25)22-6-10(7-23)11(28-8-26-4)12(29-9-27-5)13(22)21-14(24)17(18,19)20/h10-13,23H,6-9H2,1-5H3,(H,21,24)/t10-,11+,12-,13-/m0/s1. The maximum absolute atomic E-state index is 12.9. The van der Waals surface area contributed by atoms with Crippen molar-refractivity contribution in [2.45, 2.75) is 50.9 Å². The topological polar surface area (TPSA) is 116 Å². The molecule has 1 saturated heterocycles. The first-order chi connectivity index (χ1) is 13.9. The smallest absolute Gasteiger partial charge is 0.444 e. The lowest BCUT2D eigenvalue weighted by atomic mass is 9.90. The second kappa shape index (κ2) is 11.1. The lowest BCUT2D eigenvalue weighted by Crippen LogP contribution is -2.69. The Morgan fingerprint density at radius 3 is 2.03 bits per heavy atom. The molecule has 0 unspecified atom stereocenters. The third-order valence-electron chi connectivity index (χ3n) is 4.02. The van der Waals surface area contributed by atoms with Crippen LogP contribution in [-0.2, 0) is 28.5 Å². The molecule has 1 rings (SSSR count). The fourth-order valence-corrected chi connectivity index (χ4v) is 2.85. The van der Waals surface area contributed by atoms with Gasteiger partial charge in [-0.1, -0.05) is 0 Å². The van der Waals surface area contributed by atoms with Crippen molar-refractivity contribution in [2.75, 3.05) is 41.0 Å². The van der Waals surface area contributed by atoms with Crippen molar-refractivity contribution in [3.8, 4) is 0 Å². The van der Waals surface area contributed by atoms with Crippen LogP contribution in [0, 0.1) is 5.92 Å². The minimum Gasteiger partial charge on any atom is -0.444 e. The van der Waals surface area contributed by atoms with Crippen molar-refractivity contribution in [2.24, 2.45) is 5.92 Å². The van der Waals surface area contributed by atoms with Crippen molar-refractivity contribution in [1.29, 1.82) is 0 Å². The summed E-state index contributed by atoms with van der Waals surface area (Å²) < 4.78 is 64.6. The molecule has 0 aromatic carbocycles. The summed E-state index contributed by atoms with van der Waals surface area (Å²) in [6.07, 6.45) is -10.2. The molecule has 13 heteroatoms. The number of aliphatic hydroxyl groups excluding tert-OH is 1. The molecule has 10 nitrogen and oxygen atoms in total. The molecule has 2 N–H and O–H groups in total. The number of nitrogens with zero attached hydrogens (tertiary/aromatic N) is 1. The normalized spacial score (nSPS) is 25.2. The Bertz CT molecular complexity index is 570. The van der Waals surface area contributed by atoms with E-state index in [1.807, 2.05) is 0 Å². The van der Waals surface area contributed by atoms with Gasteiger partial charge in [-0.3, -0.25) is 9.69 Å². The zero-order chi connectivity index (χ0) is 23.1. The van der Waals surface area contributed by atoms with Gasteiger partial charge in [-0.05, 0) is 20.8 Å². The van der Waals surface area contributed by atoms with Crippen LogP contribution in [-0.4, -0.2) is 93.1 Å². The van der Waals surface area contributed by atoms with Crippen LogP contribution < -0.4 is 5.32 Å². The predicted molar refractivity (Wildman–Crippen MR) is 95.0 cm³/mol. The van der Waals surface area contributed by atoms with Gasteiger partial charge in [0, 0.05) is 26.7 Å². The molecule has 2 amide bonds. The van der Waals surface area contributed by atoms with Gasteiger partial charge in [-0.15, -0.1) is 0 Å². The summed E-state index contributed by atoms with van der Waals surface area (Å²) in [4.78, 5) is 25.2. The first-order valence-corrected chi connectivity index (χ1v) is 9.05. The molecule has 1 aliphatic rings. The Kier molecular flexibility index (Phi) is 9.75. The number of halogens is 3. The van der Waals surface area contributed by atoms with Crippen LogP contribution in [0.4, 0.5) is 18.0 Å². The fourth-order valence-electron chi connectivity index (χ4n) is 2.85. The molecule has 0 spiro atoms. The number of nitrogens with one attached hydrogen (secondary N) is 1. The van der Waals surface area contributed by atoms with Gasteiger partial charge in [0.25, 0.3) is 0 Å². The summed E-state index contributed by atoms with van der Waals surface area (Å²) >= 11 is 0. The highest BCUT2D eigenvalue weighted by Crippen LogP contribution is 2.29. The zero-order valence-electron chi connectivity index (χ0n) is 17.5. The Morgan fingerprint density at radius 2 is 1.60 bits per heavy atom. The molecular weight excluding hydrogens is 417 g/mol.